The first-order valence-electron chi connectivity index (χ1n) is 8.25. The van der Waals surface area contributed by atoms with E-state index in [1.165, 1.54) is 5.56 Å². The number of carbonyl (C=O) groups is 2. The van der Waals surface area contributed by atoms with Crippen molar-refractivity contribution in [3.05, 3.63) is 35.4 Å². The van der Waals surface area contributed by atoms with E-state index in [9.17, 15) is 9.59 Å². The van der Waals surface area contributed by atoms with Crippen molar-refractivity contribution in [2.45, 2.75) is 38.5 Å². The Bertz CT molecular complexity index is 581. The Morgan fingerprint density at radius 1 is 1.29 bits per heavy atom. The largest absolute Gasteiger partial charge is 0.465 e. The summed E-state index contributed by atoms with van der Waals surface area (Å²) in [6, 6.07) is 8.22. The molecule has 2 amide bonds. The second kappa shape index (κ2) is 7.92. The van der Waals surface area contributed by atoms with Crippen LogP contribution >= 0.6 is 11.8 Å². The van der Waals surface area contributed by atoms with Gasteiger partial charge in [0, 0.05) is 12.3 Å². The maximum Gasteiger partial charge on any atom is 0.325 e. The summed E-state index contributed by atoms with van der Waals surface area (Å²) >= 11 is 1.74. The molecule has 1 aromatic rings. The molecule has 1 aromatic carbocycles. The van der Waals surface area contributed by atoms with Gasteiger partial charge in [-0.1, -0.05) is 45.0 Å². The van der Waals surface area contributed by atoms with Crippen LogP contribution in [0.1, 0.15) is 44.2 Å². The van der Waals surface area contributed by atoms with Crippen LogP contribution in [0.15, 0.2) is 24.3 Å². The number of hydrogen-bond donors (Lipinski definition) is 1. The van der Waals surface area contributed by atoms with Crippen LogP contribution in [-0.2, 0) is 14.9 Å². The van der Waals surface area contributed by atoms with Crippen molar-refractivity contribution in [3.8, 4) is 0 Å². The monoisotopic (exact) mass is 350 g/mol. The highest BCUT2D eigenvalue weighted by Gasteiger charge is 2.31. The van der Waals surface area contributed by atoms with E-state index in [4.69, 9.17) is 4.74 Å². The molecule has 1 unspecified atom stereocenters. The molecule has 1 aliphatic heterocycles. The van der Waals surface area contributed by atoms with E-state index in [0.29, 0.717) is 13.2 Å². The maximum atomic E-state index is 12.4. The van der Waals surface area contributed by atoms with Gasteiger partial charge in [0.25, 0.3) is 0 Å². The van der Waals surface area contributed by atoms with Crippen molar-refractivity contribution in [1.29, 1.82) is 0 Å². The van der Waals surface area contributed by atoms with Crippen LogP contribution in [0.25, 0.3) is 0 Å². The molecule has 1 heterocycles. The third-order valence-electron chi connectivity index (χ3n) is 3.90. The highest BCUT2D eigenvalue weighted by molar-refractivity contribution is 7.99. The Hall–Kier alpha value is -1.69. The topological polar surface area (TPSA) is 58.6 Å². The van der Waals surface area contributed by atoms with Crippen LogP contribution in [0.2, 0.25) is 0 Å². The first-order valence-corrected chi connectivity index (χ1v) is 9.30. The SMILES string of the molecule is CCOC(=O)CNC(=O)N1CCSC1c1ccc(C(C)(C)C)cc1. The molecule has 6 heteroatoms. The Balaban J connectivity index is 2.02. The zero-order valence-electron chi connectivity index (χ0n) is 14.8. The molecule has 0 radical (unpaired) electrons. The number of amides is 2. The fourth-order valence-corrected chi connectivity index (χ4v) is 3.82. The molecule has 5 nitrogen and oxygen atoms in total. The summed E-state index contributed by atoms with van der Waals surface area (Å²) in [6.07, 6.45) is 0. The normalized spacial score (nSPS) is 17.7. The summed E-state index contributed by atoms with van der Waals surface area (Å²) in [5, 5.41) is 2.63. The Labute approximate surface area is 148 Å². The number of thioether (sulfide) groups is 1. The van der Waals surface area contributed by atoms with Gasteiger partial charge >= 0.3 is 12.0 Å². The summed E-state index contributed by atoms with van der Waals surface area (Å²) in [6.45, 7) is 9.18. The third kappa shape index (κ3) is 4.66. The molecule has 132 valence electrons. The minimum Gasteiger partial charge on any atom is -0.465 e. The van der Waals surface area contributed by atoms with Gasteiger partial charge in [-0.3, -0.25) is 4.79 Å². The molecule has 0 spiro atoms. The average molecular weight is 350 g/mol. The third-order valence-corrected chi connectivity index (χ3v) is 5.16. The van der Waals surface area contributed by atoms with Gasteiger partial charge in [-0.2, -0.15) is 0 Å². The van der Waals surface area contributed by atoms with Crippen molar-refractivity contribution >= 4 is 23.8 Å². The molecule has 0 saturated carbocycles. The van der Waals surface area contributed by atoms with Crippen LogP contribution < -0.4 is 5.32 Å². The number of nitrogens with one attached hydrogen (secondary N) is 1. The van der Waals surface area contributed by atoms with Gasteiger partial charge in [-0.05, 0) is 23.5 Å². The van der Waals surface area contributed by atoms with E-state index in [2.05, 4.69) is 50.4 Å². The minimum atomic E-state index is -0.413. The molecule has 0 aromatic heterocycles. The molecule has 1 atom stereocenters. The fourth-order valence-electron chi connectivity index (χ4n) is 2.56. The molecule has 0 bridgehead atoms. The van der Waals surface area contributed by atoms with E-state index in [1.807, 2.05) is 0 Å². The number of benzene rings is 1. The van der Waals surface area contributed by atoms with E-state index in [0.717, 1.165) is 11.3 Å². The lowest BCUT2D eigenvalue weighted by atomic mass is 9.87. The molecule has 1 N–H and O–H groups in total. The number of carbonyl (C=O) groups excluding carboxylic acids is 2. The Morgan fingerprint density at radius 2 is 1.96 bits per heavy atom. The van der Waals surface area contributed by atoms with Crippen LogP contribution in [0.4, 0.5) is 4.79 Å². The van der Waals surface area contributed by atoms with Crippen molar-refractivity contribution < 1.29 is 14.3 Å². The van der Waals surface area contributed by atoms with Gasteiger partial charge in [0.1, 0.15) is 11.9 Å². The smallest absolute Gasteiger partial charge is 0.325 e. The summed E-state index contributed by atoms with van der Waals surface area (Å²) in [4.78, 5) is 25.5. The Morgan fingerprint density at radius 3 is 2.54 bits per heavy atom. The van der Waals surface area contributed by atoms with E-state index in [1.54, 1.807) is 23.6 Å². The molecule has 24 heavy (non-hydrogen) atoms. The van der Waals surface area contributed by atoms with Crippen molar-refractivity contribution in [1.82, 2.24) is 10.2 Å². The van der Waals surface area contributed by atoms with E-state index >= 15 is 0 Å². The zero-order chi connectivity index (χ0) is 17.7. The molecular formula is C18H26N2O3S. The predicted octanol–water partition coefficient (Wildman–Crippen LogP) is 3.30. The zero-order valence-corrected chi connectivity index (χ0v) is 15.6. The van der Waals surface area contributed by atoms with Crippen LogP contribution in [-0.4, -0.2) is 42.3 Å². The highest BCUT2D eigenvalue weighted by atomic mass is 32.2. The van der Waals surface area contributed by atoms with Crippen molar-refractivity contribution in [3.63, 3.8) is 0 Å². The van der Waals surface area contributed by atoms with Gasteiger partial charge in [0.05, 0.1) is 6.61 Å². The average Bonchev–Trinajstić information content (AvgIpc) is 3.02. The summed E-state index contributed by atoms with van der Waals surface area (Å²) < 4.78 is 4.83. The lowest BCUT2D eigenvalue weighted by Crippen LogP contribution is -2.41. The number of esters is 1. The van der Waals surface area contributed by atoms with Gasteiger partial charge in [-0.25, -0.2) is 4.79 Å². The number of rotatable bonds is 4. The molecular weight excluding hydrogens is 324 g/mol. The molecule has 1 saturated heterocycles. The van der Waals surface area contributed by atoms with Crippen LogP contribution in [0.5, 0.6) is 0 Å². The molecule has 1 fully saturated rings. The Kier molecular flexibility index (Phi) is 6.15. The van der Waals surface area contributed by atoms with Gasteiger partial charge < -0.3 is 15.0 Å². The van der Waals surface area contributed by atoms with E-state index < -0.39 is 5.97 Å². The number of nitrogens with zero attached hydrogens (tertiary/aromatic N) is 1. The van der Waals surface area contributed by atoms with Gasteiger partial charge in [0.15, 0.2) is 0 Å². The highest BCUT2D eigenvalue weighted by Crippen LogP contribution is 2.38. The first-order chi connectivity index (χ1) is 11.3. The first kappa shape index (κ1) is 18.6. The second-order valence-corrected chi connectivity index (χ2v) is 7.94. The number of hydrogen-bond acceptors (Lipinski definition) is 4. The molecule has 0 aliphatic carbocycles. The summed E-state index contributed by atoms with van der Waals surface area (Å²) in [5.41, 5.74) is 2.49. The van der Waals surface area contributed by atoms with Crippen LogP contribution in [0, 0.1) is 0 Å². The molecule has 2 rings (SSSR count). The van der Waals surface area contributed by atoms with Crippen molar-refractivity contribution in [2.24, 2.45) is 0 Å². The standard InChI is InChI=1S/C18H26N2O3S/c1-5-23-15(21)12-19-17(22)20-10-11-24-16(20)13-6-8-14(9-7-13)18(2,3)4/h6-9,16H,5,10-12H2,1-4H3,(H,19,22). The fraction of sp³-hybridized carbons (Fsp3) is 0.556. The second-order valence-electron chi connectivity index (χ2n) is 6.75. The van der Waals surface area contributed by atoms with Gasteiger partial charge in [-0.15, -0.1) is 11.8 Å². The number of urea groups is 1. The van der Waals surface area contributed by atoms with E-state index in [-0.39, 0.29) is 23.4 Å². The minimum absolute atomic E-state index is 0.0128. The van der Waals surface area contributed by atoms with Crippen molar-refractivity contribution in [2.75, 3.05) is 25.4 Å². The summed E-state index contributed by atoms with van der Waals surface area (Å²) in [5.74, 6) is 0.474. The maximum absolute atomic E-state index is 12.4. The lowest BCUT2D eigenvalue weighted by Gasteiger charge is -2.25. The van der Waals surface area contributed by atoms with Gasteiger partial charge in [0.2, 0.25) is 0 Å². The quantitative estimate of drug-likeness (QED) is 0.847. The number of ether oxygens (including phenoxy) is 1. The van der Waals surface area contributed by atoms with Crippen LogP contribution in [0.3, 0.4) is 0 Å². The molecule has 1 aliphatic rings. The lowest BCUT2D eigenvalue weighted by molar-refractivity contribution is -0.141. The predicted molar refractivity (Wildman–Crippen MR) is 97.1 cm³/mol. The summed E-state index contributed by atoms with van der Waals surface area (Å²) in [7, 11) is 0.